The van der Waals surface area contributed by atoms with Crippen molar-refractivity contribution in [2.45, 2.75) is 13.0 Å². The summed E-state index contributed by atoms with van der Waals surface area (Å²) >= 11 is 6.33. The Bertz CT molecular complexity index is 1510. The summed E-state index contributed by atoms with van der Waals surface area (Å²) in [6.07, 6.45) is 1.31. The van der Waals surface area contributed by atoms with E-state index in [4.69, 9.17) is 17.3 Å². The predicted octanol–water partition coefficient (Wildman–Crippen LogP) is 3.76. The Kier molecular flexibility index (Phi) is 5.69. The Morgan fingerprint density at radius 3 is 2.76 bits per heavy atom. The van der Waals surface area contributed by atoms with Crippen molar-refractivity contribution in [3.8, 4) is 11.8 Å². The van der Waals surface area contributed by atoms with E-state index in [1.807, 2.05) is 6.07 Å². The number of nitrogens with two attached hydrogens (primary N) is 1. The maximum absolute atomic E-state index is 13.6. The van der Waals surface area contributed by atoms with Crippen LogP contribution in [0.15, 0.2) is 59.5 Å². The van der Waals surface area contributed by atoms with Gasteiger partial charge in [-0.25, -0.2) is 9.78 Å². The Hall–Kier alpha value is -4.42. The summed E-state index contributed by atoms with van der Waals surface area (Å²) in [5.74, 6) is -0.922. The molecule has 2 aromatic heterocycles. The number of fused-ring (bicyclic) bond motifs is 1. The van der Waals surface area contributed by atoms with Crippen LogP contribution >= 0.6 is 11.6 Å². The zero-order valence-electron chi connectivity index (χ0n) is 17.3. The van der Waals surface area contributed by atoms with Gasteiger partial charge in [-0.15, -0.1) is 0 Å². The van der Waals surface area contributed by atoms with E-state index >= 15 is 0 Å². The van der Waals surface area contributed by atoms with Crippen LogP contribution < -0.4 is 16.6 Å². The number of hydrogen-bond donors (Lipinski definition) is 3. The van der Waals surface area contributed by atoms with Crippen LogP contribution in [0, 0.1) is 11.3 Å². The average Bonchev–Trinajstić information content (AvgIpc) is 2.79. The van der Waals surface area contributed by atoms with Crippen molar-refractivity contribution in [2.75, 3.05) is 11.1 Å². The molecule has 4 aromatic rings. The Balaban J connectivity index is 1.96. The minimum Gasteiger partial charge on any atom is -0.478 e. The van der Waals surface area contributed by atoms with E-state index in [0.717, 1.165) is 0 Å². The molecule has 0 spiro atoms. The number of nitrogens with one attached hydrogen (secondary N) is 1. The summed E-state index contributed by atoms with van der Waals surface area (Å²) in [6.45, 7) is 1.78. The van der Waals surface area contributed by atoms with Crippen molar-refractivity contribution < 1.29 is 9.90 Å². The molecule has 0 saturated carbocycles. The number of hydrogen-bond acceptors (Lipinski definition) is 7. The number of carboxylic acids is 1. The number of aromatic carboxylic acids is 1. The number of anilines is 2. The van der Waals surface area contributed by atoms with Crippen LogP contribution in [-0.4, -0.2) is 25.6 Å². The van der Waals surface area contributed by atoms with Crippen LogP contribution in [0.3, 0.4) is 0 Å². The molecule has 0 amide bonds. The van der Waals surface area contributed by atoms with Gasteiger partial charge in [0, 0.05) is 11.4 Å². The third-order valence-corrected chi connectivity index (χ3v) is 5.42. The molecule has 0 radical (unpaired) electrons. The summed E-state index contributed by atoms with van der Waals surface area (Å²) in [5, 5.41) is 23.1. The molecule has 33 heavy (non-hydrogen) atoms. The first-order valence-electron chi connectivity index (χ1n) is 9.77. The summed E-state index contributed by atoms with van der Waals surface area (Å²) in [7, 11) is 0. The Morgan fingerprint density at radius 1 is 1.27 bits per heavy atom. The molecule has 4 rings (SSSR count). The first-order chi connectivity index (χ1) is 15.8. The number of carboxylic acid groups (broad SMARTS) is 1. The monoisotopic (exact) mass is 460 g/mol. The number of aromatic nitrogens is 3. The molecule has 1 unspecified atom stereocenters. The lowest BCUT2D eigenvalue weighted by Gasteiger charge is -2.22. The van der Waals surface area contributed by atoms with E-state index in [2.05, 4.69) is 15.3 Å². The van der Waals surface area contributed by atoms with E-state index in [1.54, 1.807) is 43.3 Å². The second-order valence-corrected chi connectivity index (χ2v) is 7.64. The van der Waals surface area contributed by atoms with Crippen molar-refractivity contribution in [3.05, 3.63) is 86.9 Å². The fourth-order valence-electron chi connectivity index (χ4n) is 3.57. The normalized spacial score (nSPS) is 11.7. The van der Waals surface area contributed by atoms with E-state index in [0.29, 0.717) is 22.2 Å². The smallest absolute Gasteiger partial charge is 0.335 e. The third-order valence-electron chi connectivity index (χ3n) is 5.10. The standard InChI is InChI=1S/C23H17ClN6O3/c1-12(28-20-15(10-25)11-27-23(26)29-20)18-9-13-4-3-7-17(24)19(13)21(31)30(18)16-6-2-5-14(8-16)22(32)33/h2-9,11-12H,1H3,(H,32,33)(H3,26,27,28,29). The van der Waals surface area contributed by atoms with Gasteiger partial charge < -0.3 is 16.2 Å². The number of benzene rings is 2. The Labute approximate surface area is 192 Å². The quantitative estimate of drug-likeness (QED) is 0.407. The predicted molar refractivity (Wildman–Crippen MR) is 125 cm³/mol. The van der Waals surface area contributed by atoms with Crippen LogP contribution in [0.2, 0.25) is 5.02 Å². The molecular weight excluding hydrogens is 444 g/mol. The molecule has 0 fully saturated rings. The van der Waals surface area contributed by atoms with Crippen LogP contribution in [0.25, 0.3) is 16.5 Å². The minimum absolute atomic E-state index is 0.0134. The van der Waals surface area contributed by atoms with Crippen molar-refractivity contribution in [2.24, 2.45) is 0 Å². The van der Waals surface area contributed by atoms with E-state index in [1.165, 1.54) is 22.9 Å². The van der Waals surface area contributed by atoms with Gasteiger partial charge in [-0.3, -0.25) is 9.36 Å². The lowest BCUT2D eigenvalue weighted by Crippen LogP contribution is -2.26. The molecule has 0 saturated heterocycles. The second kappa shape index (κ2) is 8.61. The van der Waals surface area contributed by atoms with Crippen molar-refractivity contribution in [1.82, 2.24) is 14.5 Å². The van der Waals surface area contributed by atoms with Gasteiger partial charge in [0.05, 0.1) is 28.2 Å². The zero-order valence-corrected chi connectivity index (χ0v) is 18.0. The fourth-order valence-corrected chi connectivity index (χ4v) is 3.83. The van der Waals surface area contributed by atoms with Crippen LogP contribution in [-0.2, 0) is 0 Å². The van der Waals surface area contributed by atoms with Crippen LogP contribution in [0.1, 0.15) is 34.6 Å². The maximum Gasteiger partial charge on any atom is 0.335 e. The van der Waals surface area contributed by atoms with Gasteiger partial charge in [-0.2, -0.15) is 10.2 Å². The van der Waals surface area contributed by atoms with Crippen molar-refractivity contribution >= 4 is 40.1 Å². The molecule has 4 N–H and O–H groups in total. The first-order valence-corrected chi connectivity index (χ1v) is 10.1. The van der Waals surface area contributed by atoms with E-state index in [-0.39, 0.29) is 27.9 Å². The molecule has 2 aromatic carbocycles. The first kappa shape index (κ1) is 21.8. The highest BCUT2D eigenvalue weighted by Crippen LogP contribution is 2.28. The molecule has 164 valence electrons. The molecule has 0 aliphatic rings. The van der Waals surface area contributed by atoms with Gasteiger partial charge in [0.25, 0.3) is 5.56 Å². The SMILES string of the molecule is CC(Nc1nc(N)ncc1C#N)c1cc2cccc(Cl)c2c(=O)n1-c1cccc(C(=O)O)c1. The van der Waals surface area contributed by atoms with Gasteiger partial charge in [-0.05, 0) is 42.6 Å². The zero-order chi connectivity index (χ0) is 23.7. The number of nitrogen functional groups attached to an aromatic ring is 1. The third kappa shape index (κ3) is 4.07. The largest absolute Gasteiger partial charge is 0.478 e. The molecule has 9 nitrogen and oxygen atoms in total. The average molecular weight is 461 g/mol. The molecule has 1 atom stereocenters. The highest BCUT2D eigenvalue weighted by atomic mass is 35.5. The highest BCUT2D eigenvalue weighted by Gasteiger charge is 2.20. The summed E-state index contributed by atoms with van der Waals surface area (Å²) < 4.78 is 1.40. The summed E-state index contributed by atoms with van der Waals surface area (Å²) in [6, 6.07) is 14.4. The van der Waals surface area contributed by atoms with Gasteiger partial charge in [0.2, 0.25) is 5.95 Å². The second-order valence-electron chi connectivity index (χ2n) is 7.24. The lowest BCUT2D eigenvalue weighted by atomic mass is 10.1. The number of nitriles is 1. The molecule has 0 aliphatic heterocycles. The van der Waals surface area contributed by atoms with E-state index in [9.17, 15) is 20.0 Å². The van der Waals surface area contributed by atoms with Gasteiger partial charge >= 0.3 is 5.97 Å². The molecule has 0 aliphatic carbocycles. The summed E-state index contributed by atoms with van der Waals surface area (Å²) in [4.78, 5) is 33.0. The van der Waals surface area contributed by atoms with E-state index < -0.39 is 17.6 Å². The molecule has 2 heterocycles. The highest BCUT2D eigenvalue weighted by molar-refractivity contribution is 6.35. The topological polar surface area (TPSA) is 147 Å². The van der Waals surface area contributed by atoms with Crippen molar-refractivity contribution in [1.29, 1.82) is 5.26 Å². The number of pyridine rings is 1. The molecule has 10 heteroatoms. The maximum atomic E-state index is 13.6. The lowest BCUT2D eigenvalue weighted by molar-refractivity contribution is 0.0697. The summed E-state index contributed by atoms with van der Waals surface area (Å²) in [5.41, 5.74) is 6.33. The number of carbonyl (C=O) groups is 1. The van der Waals surface area contributed by atoms with Gasteiger partial charge in [0.1, 0.15) is 17.5 Å². The van der Waals surface area contributed by atoms with Gasteiger partial charge in [-0.1, -0.05) is 29.8 Å². The van der Waals surface area contributed by atoms with Gasteiger partial charge in [0.15, 0.2) is 0 Å². The molecular formula is C23H17ClN6O3. The number of rotatable bonds is 5. The van der Waals surface area contributed by atoms with Crippen molar-refractivity contribution in [3.63, 3.8) is 0 Å². The Morgan fingerprint density at radius 2 is 2.03 bits per heavy atom. The minimum atomic E-state index is -1.12. The van der Waals surface area contributed by atoms with Crippen LogP contribution in [0.4, 0.5) is 11.8 Å². The number of nitrogens with zero attached hydrogens (tertiary/aromatic N) is 4. The molecule has 0 bridgehead atoms. The fraction of sp³-hybridized carbons (Fsp3) is 0.0870. The van der Waals surface area contributed by atoms with Crippen LogP contribution in [0.5, 0.6) is 0 Å². The number of halogens is 1.